The molecular weight excluding hydrogens is 205 g/mol. The van der Waals surface area contributed by atoms with Gasteiger partial charge in [0.15, 0.2) is 9.84 Å². The molecule has 0 saturated heterocycles. The smallest absolute Gasteiger partial charge is 0.196 e. The maximum Gasteiger partial charge on any atom is 0.196 e. The number of halogens is 1. The van der Waals surface area contributed by atoms with Crippen molar-refractivity contribution in [2.45, 2.75) is 23.6 Å². The highest BCUT2D eigenvalue weighted by atomic mass is 32.2. The summed E-state index contributed by atoms with van der Waals surface area (Å²) in [7, 11) is -3.58. The van der Waals surface area contributed by atoms with Crippen LogP contribution in [0.15, 0.2) is 29.2 Å². The maximum atomic E-state index is 12.5. The molecule has 0 aliphatic carbocycles. The summed E-state index contributed by atoms with van der Waals surface area (Å²) in [4.78, 5) is -1.32. The fraction of sp³-hybridized carbons (Fsp3) is 0.333. The van der Waals surface area contributed by atoms with Gasteiger partial charge in [0, 0.05) is 0 Å². The molecule has 0 aliphatic heterocycles. The minimum Gasteiger partial charge on any atom is -0.313 e. The van der Waals surface area contributed by atoms with Gasteiger partial charge < -0.3 is 5.73 Å². The van der Waals surface area contributed by atoms with E-state index in [0.717, 1.165) is 12.1 Å². The molecule has 1 rings (SSSR count). The summed E-state index contributed by atoms with van der Waals surface area (Å²) in [6.07, 6.45) is 0. The fourth-order valence-corrected chi connectivity index (χ4v) is 2.02. The van der Waals surface area contributed by atoms with E-state index in [1.54, 1.807) is 0 Å². The molecule has 0 fully saturated rings. The first-order valence-electron chi connectivity index (χ1n) is 4.04. The van der Waals surface area contributed by atoms with Crippen LogP contribution in [-0.4, -0.2) is 13.3 Å². The van der Waals surface area contributed by atoms with Crippen LogP contribution in [0, 0.1) is 5.82 Å². The van der Waals surface area contributed by atoms with Crippen molar-refractivity contribution in [1.82, 2.24) is 0 Å². The van der Waals surface area contributed by atoms with E-state index >= 15 is 0 Å². The third-order valence-corrected chi connectivity index (χ3v) is 4.09. The van der Waals surface area contributed by atoms with Gasteiger partial charge in [-0.1, -0.05) is 0 Å². The minimum absolute atomic E-state index is 0.0337. The molecule has 0 amide bonds. The van der Waals surface area contributed by atoms with Crippen LogP contribution in [0.2, 0.25) is 0 Å². The summed E-state index contributed by atoms with van der Waals surface area (Å²) in [5.41, 5.74) is 5.50. The van der Waals surface area contributed by atoms with Crippen molar-refractivity contribution in [1.29, 1.82) is 0 Å². The second-order valence-electron chi connectivity index (χ2n) is 3.56. The van der Waals surface area contributed by atoms with Crippen LogP contribution < -0.4 is 5.73 Å². The van der Waals surface area contributed by atoms with Gasteiger partial charge in [-0.2, -0.15) is 0 Å². The standard InChI is InChI=1S/C9H12FNO2S/c1-9(2,11)14(12,13)8-5-3-7(10)4-6-8/h3-6H,11H2,1-2H3. The van der Waals surface area contributed by atoms with Gasteiger partial charge in [-0.05, 0) is 38.1 Å². The number of rotatable bonds is 2. The Bertz CT molecular complexity index is 417. The van der Waals surface area contributed by atoms with Crippen LogP contribution in [-0.2, 0) is 9.84 Å². The first kappa shape index (κ1) is 11.1. The molecule has 0 saturated carbocycles. The van der Waals surface area contributed by atoms with Crippen LogP contribution in [0.5, 0.6) is 0 Å². The Morgan fingerprint density at radius 3 is 2.00 bits per heavy atom. The van der Waals surface area contributed by atoms with E-state index in [2.05, 4.69) is 0 Å². The Hall–Kier alpha value is -0.940. The van der Waals surface area contributed by atoms with Crippen LogP contribution in [0.4, 0.5) is 4.39 Å². The topological polar surface area (TPSA) is 60.2 Å². The Morgan fingerprint density at radius 2 is 1.64 bits per heavy atom. The molecule has 0 atom stereocenters. The molecule has 3 nitrogen and oxygen atoms in total. The van der Waals surface area contributed by atoms with Crippen LogP contribution in [0.25, 0.3) is 0 Å². The predicted molar refractivity (Wildman–Crippen MR) is 51.9 cm³/mol. The van der Waals surface area contributed by atoms with Gasteiger partial charge in [0.1, 0.15) is 10.7 Å². The lowest BCUT2D eigenvalue weighted by Gasteiger charge is -2.18. The van der Waals surface area contributed by atoms with E-state index in [-0.39, 0.29) is 4.90 Å². The lowest BCUT2D eigenvalue weighted by Crippen LogP contribution is -2.41. The molecule has 0 aromatic heterocycles. The highest BCUT2D eigenvalue weighted by molar-refractivity contribution is 7.92. The van der Waals surface area contributed by atoms with Gasteiger partial charge in [-0.15, -0.1) is 0 Å². The van der Waals surface area contributed by atoms with Gasteiger partial charge in [0.25, 0.3) is 0 Å². The van der Waals surface area contributed by atoms with Crippen LogP contribution in [0.1, 0.15) is 13.8 Å². The molecule has 1 aromatic carbocycles. The average molecular weight is 217 g/mol. The SMILES string of the molecule is CC(C)(N)S(=O)(=O)c1ccc(F)cc1. The summed E-state index contributed by atoms with van der Waals surface area (Å²) in [5.74, 6) is -0.473. The summed E-state index contributed by atoms with van der Waals surface area (Å²) in [6.45, 7) is 2.79. The largest absolute Gasteiger partial charge is 0.313 e. The van der Waals surface area contributed by atoms with Gasteiger partial charge >= 0.3 is 0 Å². The molecule has 0 spiro atoms. The quantitative estimate of drug-likeness (QED) is 0.759. The predicted octanol–water partition coefficient (Wildman–Crippen LogP) is 1.29. The highest BCUT2D eigenvalue weighted by Gasteiger charge is 2.31. The minimum atomic E-state index is -3.58. The van der Waals surface area contributed by atoms with Crippen molar-refractivity contribution in [2.24, 2.45) is 5.73 Å². The van der Waals surface area contributed by atoms with E-state index in [1.165, 1.54) is 26.0 Å². The molecule has 78 valence electrons. The zero-order chi connectivity index (χ0) is 11.0. The van der Waals surface area contributed by atoms with Crippen molar-refractivity contribution in [3.8, 4) is 0 Å². The number of hydrogen-bond donors (Lipinski definition) is 1. The van der Waals surface area contributed by atoms with Crippen molar-refractivity contribution in [3.63, 3.8) is 0 Å². The summed E-state index contributed by atoms with van der Waals surface area (Å²) in [5, 5.41) is 0. The molecule has 14 heavy (non-hydrogen) atoms. The van der Waals surface area contributed by atoms with E-state index in [0.29, 0.717) is 0 Å². The summed E-state index contributed by atoms with van der Waals surface area (Å²) < 4.78 is 36.0. The number of benzene rings is 1. The monoisotopic (exact) mass is 217 g/mol. The highest BCUT2D eigenvalue weighted by Crippen LogP contribution is 2.20. The molecule has 2 N–H and O–H groups in total. The molecule has 0 radical (unpaired) electrons. The molecule has 1 aromatic rings. The van der Waals surface area contributed by atoms with Crippen molar-refractivity contribution >= 4 is 9.84 Å². The molecule has 0 unspecified atom stereocenters. The van der Waals surface area contributed by atoms with Gasteiger partial charge in [-0.3, -0.25) is 0 Å². The first-order chi connectivity index (χ1) is 6.25. The number of nitrogens with two attached hydrogens (primary N) is 1. The second kappa shape index (κ2) is 3.33. The molecule has 0 bridgehead atoms. The zero-order valence-corrected chi connectivity index (χ0v) is 8.81. The van der Waals surface area contributed by atoms with Crippen LogP contribution in [0.3, 0.4) is 0 Å². The maximum absolute atomic E-state index is 12.5. The third kappa shape index (κ3) is 1.93. The van der Waals surface area contributed by atoms with E-state index < -0.39 is 20.5 Å². The van der Waals surface area contributed by atoms with E-state index in [1.807, 2.05) is 0 Å². The second-order valence-corrected chi connectivity index (χ2v) is 6.09. The number of sulfone groups is 1. The normalized spacial score (nSPS) is 12.9. The Kier molecular flexibility index (Phi) is 2.65. The summed E-state index contributed by atoms with van der Waals surface area (Å²) in [6, 6.07) is 4.61. The number of hydrogen-bond acceptors (Lipinski definition) is 3. The Morgan fingerprint density at radius 1 is 1.21 bits per heavy atom. The van der Waals surface area contributed by atoms with Gasteiger partial charge in [-0.25, -0.2) is 12.8 Å². The molecule has 0 heterocycles. The van der Waals surface area contributed by atoms with Gasteiger partial charge in [0.05, 0.1) is 4.90 Å². The first-order valence-corrected chi connectivity index (χ1v) is 5.52. The van der Waals surface area contributed by atoms with E-state index in [9.17, 15) is 12.8 Å². The molecule has 0 aliphatic rings. The van der Waals surface area contributed by atoms with Crippen molar-refractivity contribution in [2.75, 3.05) is 0 Å². The fourth-order valence-electron chi connectivity index (χ4n) is 0.917. The van der Waals surface area contributed by atoms with Gasteiger partial charge in [0.2, 0.25) is 0 Å². The van der Waals surface area contributed by atoms with Crippen molar-refractivity contribution in [3.05, 3.63) is 30.1 Å². The van der Waals surface area contributed by atoms with Crippen molar-refractivity contribution < 1.29 is 12.8 Å². The van der Waals surface area contributed by atoms with E-state index in [4.69, 9.17) is 5.73 Å². The average Bonchev–Trinajstić information content (AvgIpc) is 2.03. The molecular formula is C9H12FNO2S. The lowest BCUT2D eigenvalue weighted by atomic mass is 10.3. The van der Waals surface area contributed by atoms with Crippen LogP contribution >= 0.6 is 0 Å². The third-order valence-electron chi connectivity index (χ3n) is 1.82. The lowest BCUT2D eigenvalue weighted by molar-refractivity contribution is 0.552. The Labute approximate surface area is 82.7 Å². The Balaban J connectivity index is 3.25. The zero-order valence-electron chi connectivity index (χ0n) is 7.99. The summed E-state index contributed by atoms with van der Waals surface area (Å²) >= 11 is 0. The molecule has 5 heteroatoms.